The Bertz CT molecular complexity index is 941. The predicted molar refractivity (Wildman–Crippen MR) is 111 cm³/mol. The summed E-state index contributed by atoms with van der Waals surface area (Å²) in [5.74, 6) is -0.417. The summed E-state index contributed by atoms with van der Waals surface area (Å²) in [6.45, 7) is 4.74. The van der Waals surface area contributed by atoms with Crippen molar-refractivity contribution in [2.24, 2.45) is 0 Å². The third-order valence-electron chi connectivity index (χ3n) is 5.15. The van der Waals surface area contributed by atoms with E-state index in [2.05, 4.69) is 4.98 Å². The number of benzene rings is 1. The first-order valence-corrected chi connectivity index (χ1v) is 9.76. The zero-order valence-corrected chi connectivity index (χ0v) is 17.4. The lowest BCUT2D eigenvalue weighted by atomic mass is 9.88. The SMILES string of the molecule is CCN(Cc1ccc(Cl)nc1)C1=C([N+](=O)[O-])C(c2ccc(C)cc2)CC(=O)N1C. The van der Waals surface area contributed by atoms with Crippen LogP contribution in [0.2, 0.25) is 5.15 Å². The number of hydrogen-bond donors (Lipinski definition) is 0. The standard InChI is InChI=1S/C21H23ClN4O3/c1-4-25(13-15-7-10-18(22)23-12-15)21-20(26(28)29)17(11-19(27)24(21)3)16-8-5-14(2)6-9-16/h5-10,12,17H,4,11,13H2,1-3H3. The number of halogens is 1. The molecule has 1 unspecified atom stereocenters. The van der Waals surface area contributed by atoms with Crippen LogP contribution in [0.4, 0.5) is 0 Å². The zero-order valence-electron chi connectivity index (χ0n) is 16.6. The minimum Gasteiger partial charge on any atom is -0.348 e. The average molecular weight is 415 g/mol. The summed E-state index contributed by atoms with van der Waals surface area (Å²) in [5.41, 5.74) is 2.72. The van der Waals surface area contributed by atoms with Crippen molar-refractivity contribution >= 4 is 17.5 Å². The molecule has 0 saturated carbocycles. The van der Waals surface area contributed by atoms with E-state index in [1.165, 1.54) is 4.90 Å². The summed E-state index contributed by atoms with van der Waals surface area (Å²) in [7, 11) is 1.59. The van der Waals surface area contributed by atoms with Gasteiger partial charge in [-0.2, -0.15) is 0 Å². The van der Waals surface area contributed by atoms with Gasteiger partial charge in [-0.05, 0) is 31.0 Å². The summed E-state index contributed by atoms with van der Waals surface area (Å²) in [6, 6.07) is 11.0. The number of aryl methyl sites for hydroxylation is 1. The maximum absolute atomic E-state index is 12.8. The van der Waals surface area contributed by atoms with Crippen LogP contribution in [0.5, 0.6) is 0 Å². The van der Waals surface area contributed by atoms with Gasteiger partial charge in [0.2, 0.25) is 5.91 Å². The molecule has 0 bridgehead atoms. The minimum absolute atomic E-state index is 0.0414. The largest absolute Gasteiger partial charge is 0.348 e. The molecule has 8 heteroatoms. The number of rotatable bonds is 6. The van der Waals surface area contributed by atoms with Gasteiger partial charge in [-0.15, -0.1) is 0 Å². The molecule has 1 aromatic carbocycles. The topological polar surface area (TPSA) is 79.6 Å². The van der Waals surface area contributed by atoms with Crippen molar-refractivity contribution in [1.29, 1.82) is 0 Å². The van der Waals surface area contributed by atoms with Crippen molar-refractivity contribution in [1.82, 2.24) is 14.8 Å². The van der Waals surface area contributed by atoms with Crippen molar-refractivity contribution in [3.63, 3.8) is 0 Å². The highest BCUT2D eigenvalue weighted by Crippen LogP contribution is 2.37. The lowest BCUT2D eigenvalue weighted by Gasteiger charge is -2.36. The number of allylic oxidation sites excluding steroid dienone is 1. The molecule has 0 aliphatic carbocycles. The van der Waals surface area contributed by atoms with Crippen LogP contribution in [0, 0.1) is 17.0 Å². The van der Waals surface area contributed by atoms with Gasteiger partial charge in [0, 0.05) is 32.8 Å². The predicted octanol–water partition coefficient (Wildman–Crippen LogP) is 3.96. The average Bonchev–Trinajstić information content (AvgIpc) is 2.70. The monoisotopic (exact) mass is 414 g/mol. The molecule has 1 aliphatic heterocycles. The molecule has 0 saturated heterocycles. The second-order valence-electron chi connectivity index (χ2n) is 7.09. The smallest absolute Gasteiger partial charge is 0.294 e. The fraction of sp³-hybridized carbons (Fsp3) is 0.333. The lowest BCUT2D eigenvalue weighted by molar-refractivity contribution is -0.434. The van der Waals surface area contributed by atoms with Crippen LogP contribution >= 0.6 is 11.6 Å². The molecular formula is C21H23ClN4O3. The number of carbonyl (C=O) groups excluding carboxylic acids is 1. The van der Waals surface area contributed by atoms with Gasteiger partial charge in [-0.3, -0.25) is 19.8 Å². The summed E-state index contributed by atoms with van der Waals surface area (Å²) >= 11 is 5.86. The Morgan fingerprint density at radius 3 is 2.52 bits per heavy atom. The van der Waals surface area contributed by atoms with Gasteiger partial charge in [0.1, 0.15) is 5.15 Å². The van der Waals surface area contributed by atoms with E-state index in [0.717, 1.165) is 16.7 Å². The second kappa shape index (κ2) is 8.61. The van der Waals surface area contributed by atoms with Crippen LogP contribution in [0.1, 0.15) is 36.0 Å². The molecule has 1 atom stereocenters. The molecule has 3 rings (SSSR count). The second-order valence-corrected chi connectivity index (χ2v) is 7.48. The van der Waals surface area contributed by atoms with E-state index < -0.39 is 5.92 Å². The number of carbonyl (C=O) groups is 1. The van der Waals surface area contributed by atoms with E-state index in [9.17, 15) is 14.9 Å². The number of nitrogens with zero attached hydrogens (tertiary/aromatic N) is 4. The van der Waals surface area contributed by atoms with Gasteiger partial charge in [-0.25, -0.2) is 4.98 Å². The number of amides is 1. The first kappa shape index (κ1) is 20.8. The van der Waals surface area contributed by atoms with Crippen LogP contribution in [-0.2, 0) is 11.3 Å². The maximum atomic E-state index is 12.8. The molecule has 29 heavy (non-hydrogen) atoms. The minimum atomic E-state index is -0.596. The third kappa shape index (κ3) is 4.40. The highest BCUT2D eigenvalue weighted by molar-refractivity contribution is 6.29. The third-order valence-corrected chi connectivity index (χ3v) is 5.37. The number of nitro groups is 1. The Labute approximate surface area is 174 Å². The molecule has 1 amide bonds. The van der Waals surface area contributed by atoms with Crippen LogP contribution in [0.25, 0.3) is 0 Å². The Morgan fingerprint density at radius 1 is 1.28 bits per heavy atom. The summed E-state index contributed by atoms with van der Waals surface area (Å²) in [4.78, 5) is 31.8. The van der Waals surface area contributed by atoms with Gasteiger partial charge in [-0.1, -0.05) is 47.5 Å². The Kier molecular flexibility index (Phi) is 6.17. The molecular weight excluding hydrogens is 392 g/mol. The summed E-state index contributed by atoms with van der Waals surface area (Å²) in [6.07, 6.45) is 1.71. The number of aromatic nitrogens is 1. The van der Waals surface area contributed by atoms with Crippen LogP contribution < -0.4 is 0 Å². The molecule has 2 aromatic rings. The normalized spacial score (nSPS) is 16.9. The first-order valence-electron chi connectivity index (χ1n) is 9.38. The van der Waals surface area contributed by atoms with E-state index in [1.807, 2.05) is 49.1 Å². The van der Waals surface area contributed by atoms with Gasteiger partial charge < -0.3 is 4.90 Å². The van der Waals surface area contributed by atoms with E-state index in [1.54, 1.807) is 19.3 Å². The van der Waals surface area contributed by atoms with E-state index >= 15 is 0 Å². The molecule has 1 aromatic heterocycles. The highest BCUT2D eigenvalue weighted by Gasteiger charge is 2.42. The van der Waals surface area contributed by atoms with E-state index in [-0.39, 0.29) is 22.9 Å². The first-order chi connectivity index (χ1) is 13.8. The fourth-order valence-corrected chi connectivity index (χ4v) is 3.68. The summed E-state index contributed by atoms with van der Waals surface area (Å²) < 4.78 is 0. The van der Waals surface area contributed by atoms with Crippen molar-refractivity contribution in [2.75, 3.05) is 13.6 Å². The van der Waals surface area contributed by atoms with Gasteiger partial charge >= 0.3 is 0 Å². The number of pyridine rings is 1. The van der Waals surface area contributed by atoms with Crippen LogP contribution in [0.15, 0.2) is 54.1 Å². The molecule has 0 radical (unpaired) electrons. The van der Waals surface area contributed by atoms with Crippen molar-refractivity contribution < 1.29 is 9.72 Å². The molecule has 1 aliphatic rings. The maximum Gasteiger partial charge on any atom is 0.294 e. The zero-order chi connectivity index (χ0) is 21.1. The Balaban J connectivity index is 2.09. The Hall–Kier alpha value is -2.93. The number of hydrogen-bond acceptors (Lipinski definition) is 5. The summed E-state index contributed by atoms with van der Waals surface area (Å²) in [5, 5.41) is 12.5. The fourth-order valence-electron chi connectivity index (χ4n) is 3.57. The van der Waals surface area contributed by atoms with Gasteiger partial charge in [0.05, 0.1) is 10.8 Å². The molecule has 2 heterocycles. The van der Waals surface area contributed by atoms with Crippen LogP contribution in [0.3, 0.4) is 0 Å². The van der Waals surface area contributed by atoms with Crippen molar-refractivity contribution in [3.05, 3.63) is 86.1 Å². The lowest BCUT2D eigenvalue weighted by Crippen LogP contribution is -2.43. The van der Waals surface area contributed by atoms with E-state index in [4.69, 9.17) is 11.6 Å². The quantitative estimate of drug-likeness (QED) is 0.406. The molecule has 0 N–H and O–H groups in total. The van der Waals surface area contributed by atoms with Gasteiger partial charge in [0.15, 0.2) is 5.82 Å². The van der Waals surface area contributed by atoms with Crippen LogP contribution in [-0.4, -0.2) is 39.2 Å². The highest BCUT2D eigenvalue weighted by atomic mass is 35.5. The van der Waals surface area contributed by atoms with E-state index in [0.29, 0.717) is 24.1 Å². The molecule has 0 fully saturated rings. The molecule has 0 spiro atoms. The van der Waals surface area contributed by atoms with Crippen molar-refractivity contribution in [3.8, 4) is 0 Å². The van der Waals surface area contributed by atoms with Crippen molar-refractivity contribution in [2.45, 2.75) is 32.7 Å². The molecule has 152 valence electrons. The van der Waals surface area contributed by atoms with Gasteiger partial charge in [0.25, 0.3) is 5.70 Å². The molecule has 7 nitrogen and oxygen atoms in total. The Morgan fingerprint density at radius 2 is 1.97 bits per heavy atom.